The molecule has 0 fully saturated rings. The zero-order valence-corrected chi connectivity index (χ0v) is 5.27. The topological polar surface area (TPSA) is 33.0 Å². The van der Waals surface area contributed by atoms with Crippen molar-refractivity contribution in [3.63, 3.8) is 0 Å². The monoisotopic (exact) mass is 129 g/mol. The van der Waals surface area contributed by atoms with Crippen molar-refractivity contribution < 1.29 is 4.74 Å². The highest BCUT2D eigenvalue weighted by Crippen LogP contribution is 1.78. The summed E-state index contributed by atoms with van der Waals surface area (Å²) < 4.78 is 4.76. The second kappa shape index (κ2) is 6.54. The number of rotatable bonds is 3. The summed E-state index contributed by atoms with van der Waals surface area (Å²) in [5.41, 5.74) is 0. The summed E-state index contributed by atoms with van der Waals surface area (Å²) >= 11 is 3.78. The van der Waals surface area contributed by atoms with E-state index in [1.807, 2.05) is 6.07 Å². The molecule has 0 heterocycles. The van der Waals surface area contributed by atoms with Gasteiger partial charge in [0.05, 0.1) is 18.6 Å². The maximum Gasteiger partial charge on any atom is 0.0909 e. The van der Waals surface area contributed by atoms with E-state index in [-0.39, 0.29) is 0 Å². The van der Waals surface area contributed by atoms with Gasteiger partial charge in [-0.2, -0.15) is 17.9 Å². The minimum atomic E-state index is 0.399. The molecule has 0 saturated carbocycles. The molecule has 0 N–H and O–H groups in total. The van der Waals surface area contributed by atoms with Gasteiger partial charge < -0.3 is 4.74 Å². The van der Waals surface area contributed by atoms with Crippen LogP contribution in [0.1, 0.15) is 0 Å². The summed E-state index contributed by atoms with van der Waals surface area (Å²) in [5.74, 6) is 0.399. The van der Waals surface area contributed by atoms with Crippen molar-refractivity contribution in [1.82, 2.24) is 0 Å². The first-order valence-electron chi connectivity index (χ1n) is 2.15. The largest absolute Gasteiger partial charge is 0.367 e. The van der Waals surface area contributed by atoms with E-state index in [4.69, 9.17) is 10.00 Å². The first-order chi connectivity index (χ1) is 3.91. The van der Waals surface area contributed by atoms with E-state index in [2.05, 4.69) is 12.6 Å². The van der Waals surface area contributed by atoms with Crippen LogP contribution in [0.15, 0.2) is 12.2 Å². The third-order valence-corrected chi connectivity index (χ3v) is 0.680. The van der Waals surface area contributed by atoms with Crippen LogP contribution in [-0.4, -0.2) is 12.5 Å². The fourth-order valence-electron chi connectivity index (χ4n) is 0.222. The summed E-state index contributed by atoms with van der Waals surface area (Å²) in [6.45, 7) is 0.469. The van der Waals surface area contributed by atoms with Gasteiger partial charge in [-0.3, -0.25) is 0 Å². The summed E-state index contributed by atoms with van der Waals surface area (Å²) in [6.07, 6.45) is 3.01. The van der Waals surface area contributed by atoms with E-state index in [1.165, 1.54) is 6.08 Å². The lowest BCUT2D eigenvalue weighted by Crippen LogP contribution is -1.84. The van der Waals surface area contributed by atoms with E-state index in [0.717, 1.165) is 0 Å². The van der Waals surface area contributed by atoms with Gasteiger partial charge >= 0.3 is 0 Å². The fourth-order valence-corrected chi connectivity index (χ4v) is 0.327. The molecule has 0 bridgehead atoms. The maximum absolute atomic E-state index is 7.95. The Kier molecular flexibility index (Phi) is 6.16. The quantitative estimate of drug-likeness (QED) is 0.266. The predicted molar refractivity (Wildman–Crippen MR) is 34.6 cm³/mol. The van der Waals surface area contributed by atoms with Crippen LogP contribution in [0.5, 0.6) is 0 Å². The third-order valence-electron chi connectivity index (χ3n) is 0.498. The van der Waals surface area contributed by atoms with Gasteiger partial charge in [0.15, 0.2) is 0 Å². The van der Waals surface area contributed by atoms with Crippen LogP contribution in [0.4, 0.5) is 0 Å². The molecular formula is C5H7NOS. The van der Waals surface area contributed by atoms with Crippen LogP contribution in [0.25, 0.3) is 0 Å². The molecule has 0 aromatic carbocycles. The van der Waals surface area contributed by atoms with Gasteiger partial charge in [0.1, 0.15) is 0 Å². The molecule has 0 aliphatic carbocycles. The second-order valence-electron chi connectivity index (χ2n) is 1.03. The number of hydrogen-bond donors (Lipinski definition) is 1. The molecule has 3 heteroatoms. The van der Waals surface area contributed by atoms with Gasteiger partial charge in [0.2, 0.25) is 0 Å². The maximum atomic E-state index is 7.95. The standard InChI is InChI=1S/C5H7NOS/c6-3-1-2-4-7-5-8/h1-2,8H,4-5H2. The lowest BCUT2D eigenvalue weighted by atomic mass is 10.5. The average molecular weight is 129 g/mol. The molecule has 0 radical (unpaired) electrons. The Hall–Kier alpha value is -0.460. The highest BCUT2D eigenvalue weighted by atomic mass is 32.1. The minimum Gasteiger partial charge on any atom is -0.367 e. The molecule has 0 saturated heterocycles. The summed E-state index contributed by atoms with van der Waals surface area (Å²) in [6, 6.07) is 1.84. The first kappa shape index (κ1) is 7.54. The van der Waals surface area contributed by atoms with Crippen molar-refractivity contribution in [3.05, 3.63) is 12.2 Å². The average Bonchev–Trinajstić information content (AvgIpc) is 1.81. The smallest absolute Gasteiger partial charge is 0.0909 e. The van der Waals surface area contributed by atoms with Crippen molar-refractivity contribution >= 4 is 12.6 Å². The van der Waals surface area contributed by atoms with Crippen LogP contribution in [0, 0.1) is 11.3 Å². The van der Waals surface area contributed by atoms with Gasteiger partial charge in [-0.1, -0.05) is 0 Å². The van der Waals surface area contributed by atoms with Crippen molar-refractivity contribution in [3.8, 4) is 6.07 Å². The van der Waals surface area contributed by atoms with Gasteiger partial charge in [0, 0.05) is 6.08 Å². The molecule has 0 spiro atoms. The van der Waals surface area contributed by atoms with Crippen LogP contribution in [-0.2, 0) is 4.74 Å². The van der Waals surface area contributed by atoms with E-state index < -0.39 is 0 Å². The van der Waals surface area contributed by atoms with E-state index in [9.17, 15) is 0 Å². The number of nitriles is 1. The van der Waals surface area contributed by atoms with E-state index >= 15 is 0 Å². The number of ether oxygens (including phenoxy) is 1. The molecular weight excluding hydrogens is 122 g/mol. The molecule has 8 heavy (non-hydrogen) atoms. The first-order valence-corrected chi connectivity index (χ1v) is 2.78. The minimum absolute atomic E-state index is 0.399. The van der Waals surface area contributed by atoms with Crippen molar-refractivity contribution in [2.45, 2.75) is 0 Å². The SMILES string of the molecule is N#CC=CCOCS. The van der Waals surface area contributed by atoms with Crippen molar-refractivity contribution in [2.75, 3.05) is 12.5 Å². The predicted octanol–water partition coefficient (Wildman–Crippen LogP) is 0.970. The Bertz CT molecular complexity index is 105. The highest BCUT2D eigenvalue weighted by Gasteiger charge is 1.72. The van der Waals surface area contributed by atoms with Crippen LogP contribution in [0.3, 0.4) is 0 Å². The number of allylic oxidation sites excluding steroid dienone is 1. The van der Waals surface area contributed by atoms with Crippen LogP contribution in [0.2, 0.25) is 0 Å². The molecule has 0 rings (SSSR count). The molecule has 0 atom stereocenters. The summed E-state index contributed by atoms with van der Waals surface area (Å²) in [5, 5.41) is 7.95. The Morgan fingerprint density at radius 1 is 1.75 bits per heavy atom. The zero-order valence-electron chi connectivity index (χ0n) is 4.37. The number of thiol groups is 1. The van der Waals surface area contributed by atoms with Crippen LogP contribution >= 0.6 is 12.6 Å². The molecule has 0 amide bonds. The highest BCUT2D eigenvalue weighted by molar-refractivity contribution is 7.80. The summed E-state index contributed by atoms with van der Waals surface area (Å²) in [7, 11) is 0. The molecule has 0 aromatic heterocycles. The van der Waals surface area contributed by atoms with Crippen molar-refractivity contribution in [1.29, 1.82) is 5.26 Å². The lowest BCUT2D eigenvalue weighted by molar-refractivity contribution is 0.218. The molecule has 0 aliphatic heterocycles. The van der Waals surface area contributed by atoms with Crippen molar-refractivity contribution in [2.24, 2.45) is 0 Å². The number of hydrogen-bond acceptors (Lipinski definition) is 3. The lowest BCUT2D eigenvalue weighted by Gasteiger charge is -1.88. The van der Waals surface area contributed by atoms with Gasteiger partial charge in [-0.15, -0.1) is 0 Å². The normalized spacial score (nSPS) is 9.50. The third kappa shape index (κ3) is 5.54. The zero-order chi connectivity index (χ0) is 6.24. The summed E-state index contributed by atoms with van der Waals surface area (Å²) in [4.78, 5) is 0. The Morgan fingerprint density at radius 3 is 3.00 bits per heavy atom. The Labute approximate surface area is 54.2 Å². The van der Waals surface area contributed by atoms with E-state index in [1.54, 1.807) is 6.08 Å². The van der Waals surface area contributed by atoms with Gasteiger partial charge in [0.25, 0.3) is 0 Å². The Morgan fingerprint density at radius 2 is 2.50 bits per heavy atom. The number of nitrogens with zero attached hydrogens (tertiary/aromatic N) is 1. The molecule has 44 valence electrons. The van der Waals surface area contributed by atoms with Gasteiger partial charge in [-0.05, 0) is 6.08 Å². The Balaban J connectivity index is 2.94. The molecule has 0 aliphatic rings. The van der Waals surface area contributed by atoms with E-state index in [0.29, 0.717) is 12.5 Å². The molecule has 0 unspecified atom stereocenters. The fraction of sp³-hybridized carbons (Fsp3) is 0.400. The molecule has 0 aromatic rings. The second-order valence-corrected chi connectivity index (χ2v) is 1.29. The molecule has 2 nitrogen and oxygen atoms in total. The van der Waals surface area contributed by atoms with Gasteiger partial charge in [-0.25, -0.2) is 0 Å². The van der Waals surface area contributed by atoms with Crippen LogP contribution < -0.4 is 0 Å².